The van der Waals surface area contributed by atoms with E-state index in [-0.39, 0.29) is 0 Å². The van der Waals surface area contributed by atoms with E-state index in [1.165, 1.54) is 54.5 Å². The highest BCUT2D eigenvalue weighted by Gasteiger charge is 2.26. The quantitative estimate of drug-likeness (QED) is 0.196. The summed E-state index contributed by atoms with van der Waals surface area (Å²) in [5.41, 5.74) is 17.5. The first-order valence-electron chi connectivity index (χ1n) is 17.4. The number of nitrogens with zero attached hydrogens (tertiary/aromatic N) is 2. The molecule has 2 aromatic heterocycles. The van der Waals surface area contributed by atoms with Crippen LogP contribution in [0.2, 0.25) is 0 Å². The topological polar surface area (TPSA) is 45.7 Å². The lowest BCUT2D eigenvalue weighted by atomic mass is 9.99. The summed E-state index contributed by atoms with van der Waals surface area (Å²) in [7, 11) is 0. The molecule has 0 bridgehead atoms. The fraction of sp³-hybridized carbons (Fsp3) is 0. The summed E-state index contributed by atoms with van der Waals surface area (Å²) in [6.07, 6.45) is 0. The third kappa shape index (κ3) is 3.99. The second-order valence-electron chi connectivity index (χ2n) is 13.4. The van der Waals surface area contributed by atoms with E-state index in [1.807, 2.05) is 18.2 Å². The Morgan fingerprint density at radius 2 is 1.08 bits per heavy atom. The predicted molar refractivity (Wildman–Crippen MR) is 214 cm³/mol. The van der Waals surface area contributed by atoms with Gasteiger partial charge in [0.1, 0.15) is 0 Å². The van der Waals surface area contributed by atoms with Crippen LogP contribution < -0.4 is 5.43 Å². The van der Waals surface area contributed by atoms with Gasteiger partial charge in [-0.3, -0.25) is 15.5 Å². The SMILES string of the molecule is N=C1c2ccccc2-c2cccc(Nn3c4ccccc4c4cc(-c5ccc6c(c5)c5c7ccccc7ccc5n6-c5ccccc5)ccc43)c21. The molecule has 0 fully saturated rings. The van der Waals surface area contributed by atoms with Crippen molar-refractivity contribution >= 4 is 65.8 Å². The molecule has 1 aliphatic carbocycles. The average molecular weight is 651 g/mol. The van der Waals surface area contributed by atoms with Gasteiger partial charge in [0.25, 0.3) is 0 Å². The molecule has 0 radical (unpaired) electrons. The Hall–Kier alpha value is -6.91. The Bertz CT molecular complexity index is 3070. The van der Waals surface area contributed by atoms with Crippen molar-refractivity contribution in [2.24, 2.45) is 0 Å². The number of fused-ring (bicyclic) bond motifs is 11. The van der Waals surface area contributed by atoms with E-state index in [1.54, 1.807) is 0 Å². The molecule has 4 nitrogen and oxygen atoms in total. The monoisotopic (exact) mass is 650 g/mol. The van der Waals surface area contributed by atoms with Gasteiger partial charge in [-0.15, -0.1) is 0 Å². The number of benzene rings is 8. The minimum absolute atomic E-state index is 0.559. The molecular weight excluding hydrogens is 621 g/mol. The summed E-state index contributed by atoms with van der Waals surface area (Å²) >= 11 is 0. The van der Waals surface area contributed by atoms with E-state index in [0.29, 0.717) is 5.71 Å². The van der Waals surface area contributed by atoms with Crippen LogP contribution in [0.15, 0.2) is 170 Å². The van der Waals surface area contributed by atoms with Crippen LogP contribution in [0.1, 0.15) is 11.1 Å². The zero-order valence-corrected chi connectivity index (χ0v) is 27.6. The molecule has 1 aliphatic rings. The molecule has 8 aromatic carbocycles. The summed E-state index contributed by atoms with van der Waals surface area (Å²) in [6.45, 7) is 0. The number of anilines is 1. The molecule has 10 aromatic rings. The first kappa shape index (κ1) is 28.0. The van der Waals surface area contributed by atoms with Crippen molar-refractivity contribution in [3.8, 4) is 27.9 Å². The van der Waals surface area contributed by atoms with E-state index in [4.69, 9.17) is 5.41 Å². The molecule has 0 unspecified atom stereocenters. The summed E-state index contributed by atoms with van der Waals surface area (Å²) in [5, 5.41) is 16.5. The molecule has 2 N–H and O–H groups in total. The van der Waals surface area contributed by atoms with Gasteiger partial charge in [-0.2, -0.15) is 0 Å². The zero-order valence-electron chi connectivity index (χ0n) is 27.6. The number of rotatable bonds is 4. The number of aromatic nitrogens is 2. The van der Waals surface area contributed by atoms with Crippen LogP contribution in [0.25, 0.3) is 82.3 Å². The average Bonchev–Trinajstić information content (AvgIpc) is 3.80. The van der Waals surface area contributed by atoms with Gasteiger partial charge in [-0.25, -0.2) is 0 Å². The van der Waals surface area contributed by atoms with Crippen LogP contribution in [0, 0.1) is 5.41 Å². The van der Waals surface area contributed by atoms with Gasteiger partial charge in [0.15, 0.2) is 0 Å². The molecule has 0 atom stereocenters. The van der Waals surface area contributed by atoms with Gasteiger partial charge in [0.2, 0.25) is 0 Å². The second-order valence-corrected chi connectivity index (χ2v) is 13.4. The fourth-order valence-corrected chi connectivity index (χ4v) is 8.43. The van der Waals surface area contributed by atoms with Crippen molar-refractivity contribution in [1.82, 2.24) is 9.24 Å². The van der Waals surface area contributed by atoms with Crippen molar-refractivity contribution in [2.75, 3.05) is 5.43 Å². The maximum absolute atomic E-state index is 9.08. The van der Waals surface area contributed by atoms with E-state index in [9.17, 15) is 0 Å². The highest BCUT2D eigenvalue weighted by atomic mass is 15.4. The first-order chi connectivity index (χ1) is 25.2. The molecule has 11 rings (SSSR count). The molecule has 238 valence electrons. The largest absolute Gasteiger partial charge is 0.309 e. The van der Waals surface area contributed by atoms with Gasteiger partial charge < -0.3 is 4.57 Å². The van der Waals surface area contributed by atoms with Crippen LogP contribution in [-0.4, -0.2) is 15.0 Å². The predicted octanol–water partition coefficient (Wildman–Crippen LogP) is 12.0. The summed E-state index contributed by atoms with van der Waals surface area (Å²) in [4.78, 5) is 0. The third-order valence-electron chi connectivity index (χ3n) is 10.7. The maximum atomic E-state index is 9.08. The van der Waals surface area contributed by atoms with Crippen LogP contribution in [0.3, 0.4) is 0 Å². The minimum atomic E-state index is 0.559. The molecule has 4 heteroatoms. The highest BCUT2D eigenvalue weighted by Crippen LogP contribution is 2.42. The molecule has 0 saturated carbocycles. The highest BCUT2D eigenvalue weighted by molar-refractivity contribution is 6.26. The van der Waals surface area contributed by atoms with Crippen molar-refractivity contribution in [1.29, 1.82) is 5.41 Å². The summed E-state index contributed by atoms with van der Waals surface area (Å²) in [5.74, 6) is 0. The van der Waals surface area contributed by atoms with E-state index >= 15 is 0 Å². The van der Waals surface area contributed by atoms with E-state index < -0.39 is 0 Å². The Morgan fingerprint density at radius 3 is 1.94 bits per heavy atom. The molecule has 0 spiro atoms. The smallest absolute Gasteiger partial charge is 0.0718 e. The van der Waals surface area contributed by atoms with Crippen molar-refractivity contribution < 1.29 is 0 Å². The lowest BCUT2D eigenvalue weighted by Crippen LogP contribution is -2.11. The molecule has 0 amide bonds. The van der Waals surface area contributed by atoms with Crippen molar-refractivity contribution in [3.05, 3.63) is 181 Å². The van der Waals surface area contributed by atoms with Crippen LogP contribution in [0.4, 0.5) is 5.69 Å². The lowest BCUT2D eigenvalue weighted by molar-refractivity contribution is 1.06. The number of para-hydroxylation sites is 2. The van der Waals surface area contributed by atoms with Crippen LogP contribution in [-0.2, 0) is 0 Å². The Morgan fingerprint density at radius 1 is 0.431 bits per heavy atom. The minimum Gasteiger partial charge on any atom is -0.309 e. The molecular formula is C47H30N4. The van der Waals surface area contributed by atoms with Gasteiger partial charge >= 0.3 is 0 Å². The number of hydrogen-bond donors (Lipinski definition) is 2. The van der Waals surface area contributed by atoms with Gasteiger partial charge in [-0.05, 0) is 87.6 Å². The third-order valence-corrected chi connectivity index (χ3v) is 10.7. The zero-order chi connectivity index (χ0) is 33.6. The van der Waals surface area contributed by atoms with Crippen molar-refractivity contribution in [3.63, 3.8) is 0 Å². The van der Waals surface area contributed by atoms with Crippen LogP contribution >= 0.6 is 0 Å². The molecule has 51 heavy (non-hydrogen) atoms. The molecule has 0 aliphatic heterocycles. The second kappa shape index (κ2) is 10.5. The van der Waals surface area contributed by atoms with Crippen molar-refractivity contribution in [2.45, 2.75) is 0 Å². The lowest BCUT2D eigenvalue weighted by Gasteiger charge is -2.15. The van der Waals surface area contributed by atoms with E-state index in [2.05, 4.69) is 166 Å². The standard InChI is InChI=1S/C47H30N4/c48-47-37-17-7-6-15-34(37)36-18-10-19-40(46(36)47)49-51-42-20-9-8-16-35(42)38-27-30(23-25-43(38)51)31-22-24-41-39(28-31)45-33-14-5-4-11-29(33)21-26-44(45)50(41)32-12-2-1-3-13-32/h1-28,48-49H. The fourth-order valence-electron chi connectivity index (χ4n) is 8.43. The van der Waals surface area contributed by atoms with Gasteiger partial charge in [0.05, 0.1) is 33.5 Å². The van der Waals surface area contributed by atoms with Gasteiger partial charge in [-0.1, -0.05) is 115 Å². The first-order valence-corrected chi connectivity index (χ1v) is 17.4. The maximum Gasteiger partial charge on any atom is 0.0718 e. The number of hydrogen-bond acceptors (Lipinski definition) is 2. The molecule has 0 saturated heterocycles. The van der Waals surface area contributed by atoms with E-state index in [0.717, 1.165) is 44.7 Å². The normalized spacial score (nSPS) is 12.4. The molecule has 2 heterocycles. The van der Waals surface area contributed by atoms with Crippen LogP contribution in [0.5, 0.6) is 0 Å². The summed E-state index contributed by atoms with van der Waals surface area (Å²) < 4.78 is 4.57. The number of nitrogens with one attached hydrogen (secondary N) is 2. The summed E-state index contributed by atoms with van der Waals surface area (Å²) in [6, 6.07) is 60.7. The Labute approximate surface area is 293 Å². The Kier molecular flexibility index (Phi) is 5.78. The van der Waals surface area contributed by atoms with Gasteiger partial charge in [0, 0.05) is 38.4 Å². The Balaban J connectivity index is 1.09.